The molecule has 1 atom stereocenters. The lowest BCUT2D eigenvalue weighted by Gasteiger charge is -2.30. The van der Waals surface area contributed by atoms with Crippen molar-refractivity contribution in [2.24, 2.45) is 0 Å². The highest BCUT2D eigenvalue weighted by atomic mass is 16.2. The van der Waals surface area contributed by atoms with Gasteiger partial charge in [-0.3, -0.25) is 4.79 Å². The predicted octanol–water partition coefficient (Wildman–Crippen LogP) is 3.52. The van der Waals surface area contributed by atoms with Gasteiger partial charge in [-0.05, 0) is 50.3 Å². The fourth-order valence-electron chi connectivity index (χ4n) is 3.04. The van der Waals surface area contributed by atoms with E-state index in [1.54, 1.807) is 0 Å². The fraction of sp³-hybridized carbons (Fsp3) is 0.611. The van der Waals surface area contributed by atoms with Crippen LogP contribution < -0.4 is 10.2 Å². The van der Waals surface area contributed by atoms with Crippen molar-refractivity contribution in [3.05, 3.63) is 29.8 Å². The first-order valence-corrected chi connectivity index (χ1v) is 8.37. The maximum Gasteiger partial charge on any atom is 0.227 e. The van der Waals surface area contributed by atoms with Crippen LogP contribution in [0.5, 0.6) is 0 Å². The maximum atomic E-state index is 12.2. The minimum atomic E-state index is 0.281. The molecule has 0 saturated carbocycles. The van der Waals surface area contributed by atoms with Crippen LogP contribution in [-0.4, -0.2) is 25.0 Å². The molecule has 21 heavy (non-hydrogen) atoms. The van der Waals surface area contributed by atoms with Crippen LogP contribution in [0.25, 0.3) is 0 Å². The van der Waals surface area contributed by atoms with E-state index in [1.165, 1.54) is 12.0 Å². The standard InChI is InChI=1S/C18H28N2O/c1-3-13-19-16(4-2)9-7-14-20-17-10-6-5-8-15(17)11-12-18(20)21/h5-6,8,10,16,19H,3-4,7,9,11-14H2,1-2H3. The summed E-state index contributed by atoms with van der Waals surface area (Å²) >= 11 is 0. The molecule has 116 valence electrons. The number of hydrogen-bond donors (Lipinski definition) is 1. The highest BCUT2D eigenvalue weighted by Crippen LogP contribution is 2.27. The van der Waals surface area contributed by atoms with Gasteiger partial charge in [0.2, 0.25) is 5.91 Å². The third-order valence-electron chi connectivity index (χ3n) is 4.30. The second-order valence-electron chi connectivity index (χ2n) is 5.88. The SMILES string of the molecule is CCCNC(CC)CCCN1C(=O)CCc2ccccc21. The Bertz CT molecular complexity index is 458. The number of fused-ring (bicyclic) bond motifs is 1. The molecule has 1 aromatic carbocycles. The zero-order valence-electron chi connectivity index (χ0n) is 13.4. The number of hydrogen-bond acceptors (Lipinski definition) is 2. The lowest BCUT2D eigenvalue weighted by Crippen LogP contribution is -2.37. The van der Waals surface area contributed by atoms with Crippen molar-refractivity contribution in [2.75, 3.05) is 18.0 Å². The molecular formula is C18H28N2O. The second-order valence-corrected chi connectivity index (χ2v) is 5.88. The first-order valence-electron chi connectivity index (χ1n) is 8.37. The summed E-state index contributed by atoms with van der Waals surface area (Å²) in [7, 11) is 0. The molecule has 0 aliphatic carbocycles. The van der Waals surface area contributed by atoms with Gasteiger partial charge in [-0.25, -0.2) is 0 Å². The topological polar surface area (TPSA) is 32.3 Å². The third-order valence-corrected chi connectivity index (χ3v) is 4.30. The molecule has 1 aliphatic rings. The molecule has 0 spiro atoms. The van der Waals surface area contributed by atoms with Gasteiger partial charge in [0.1, 0.15) is 0 Å². The van der Waals surface area contributed by atoms with Crippen molar-refractivity contribution in [3.63, 3.8) is 0 Å². The van der Waals surface area contributed by atoms with Crippen LogP contribution in [0.3, 0.4) is 0 Å². The molecule has 2 rings (SSSR count). The average Bonchev–Trinajstić information content (AvgIpc) is 2.52. The summed E-state index contributed by atoms with van der Waals surface area (Å²) in [5.74, 6) is 0.281. The van der Waals surface area contributed by atoms with Gasteiger partial charge in [-0.2, -0.15) is 0 Å². The molecule has 0 aromatic heterocycles. The van der Waals surface area contributed by atoms with Crippen LogP contribution in [0, 0.1) is 0 Å². The van der Waals surface area contributed by atoms with E-state index in [9.17, 15) is 4.79 Å². The van der Waals surface area contributed by atoms with E-state index < -0.39 is 0 Å². The number of benzene rings is 1. The molecule has 1 unspecified atom stereocenters. The molecule has 0 fully saturated rings. The maximum absolute atomic E-state index is 12.2. The number of carbonyl (C=O) groups excluding carboxylic acids is 1. The van der Waals surface area contributed by atoms with Gasteiger partial charge < -0.3 is 10.2 Å². The van der Waals surface area contributed by atoms with Gasteiger partial charge >= 0.3 is 0 Å². The van der Waals surface area contributed by atoms with E-state index in [1.807, 2.05) is 11.0 Å². The van der Waals surface area contributed by atoms with Crippen molar-refractivity contribution in [1.82, 2.24) is 5.32 Å². The van der Waals surface area contributed by atoms with E-state index in [-0.39, 0.29) is 5.91 Å². The number of rotatable bonds is 8. The number of anilines is 1. The summed E-state index contributed by atoms with van der Waals surface area (Å²) in [5.41, 5.74) is 2.44. The molecule has 0 bridgehead atoms. The Hall–Kier alpha value is -1.35. The quantitative estimate of drug-likeness (QED) is 0.793. The number of nitrogens with zero attached hydrogens (tertiary/aromatic N) is 1. The van der Waals surface area contributed by atoms with Crippen LogP contribution in [0.15, 0.2) is 24.3 Å². The van der Waals surface area contributed by atoms with Gasteiger partial charge in [0.15, 0.2) is 0 Å². The van der Waals surface area contributed by atoms with Crippen molar-refractivity contribution >= 4 is 11.6 Å². The Morgan fingerprint density at radius 2 is 2.05 bits per heavy atom. The Morgan fingerprint density at radius 3 is 2.81 bits per heavy atom. The van der Waals surface area contributed by atoms with Crippen molar-refractivity contribution in [2.45, 2.75) is 58.4 Å². The highest BCUT2D eigenvalue weighted by molar-refractivity contribution is 5.96. The Labute approximate surface area is 128 Å². The lowest BCUT2D eigenvalue weighted by molar-refractivity contribution is -0.118. The van der Waals surface area contributed by atoms with Crippen molar-refractivity contribution in [1.29, 1.82) is 0 Å². The van der Waals surface area contributed by atoms with Crippen LogP contribution in [0.2, 0.25) is 0 Å². The fourth-order valence-corrected chi connectivity index (χ4v) is 3.04. The minimum Gasteiger partial charge on any atom is -0.314 e. The molecule has 3 heteroatoms. The molecule has 0 radical (unpaired) electrons. The number of nitrogens with one attached hydrogen (secondary N) is 1. The average molecular weight is 288 g/mol. The van der Waals surface area contributed by atoms with E-state index in [0.29, 0.717) is 12.5 Å². The molecule has 1 aromatic rings. The Morgan fingerprint density at radius 1 is 1.24 bits per heavy atom. The molecular weight excluding hydrogens is 260 g/mol. The summed E-state index contributed by atoms with van der Waals surface area (Å²) in [6.45, 7) is 6.36. The van der Waals surface area contributed by atoms with Gasteiger partial charge in [0.25, 0.3) is 0 Å². The number of para-hydroxylation sites is 1. The van der Waals surface area contributed by atoms with E-state index in [2.05, 4.69) is 37.4 Å². The summed E-state index contributed by atoms with van der Waals surface area (Å²) in [5, 5.41) is 3.58. The summed E-state index contributed by atoms with van der Waals surface area (Å²) in [4.78, 5) is 14.2. The predicted molar refractivity (Wildman–Crippen MR) is 88.7 cm³/mol. The van der Waals surface area contributed by atoms with Gasteiger partial charge in [-0.15, -0.1) is 0 Å². The van der Waals surface area contributed by atoms with Crippen molar-refractivity contribution in [3.8, 4) is 0 Å². The van der Waals surface area contributed by atoms with E-state index >= 15 is 0 Å². The van der Waals surface area contributed by atoms with Crippen LogP contribution in [-0.2, 0) is 11.2 Å². The number of amides is 1. The number of aryl methyl sites for hydroxylation is 1. The molecule has 1 N–H and O–H groups in total. The van der Waals surface area contributed by atoms with Gasteiger partial charge in [0.05, 0.1) is 0 Å². The van der Waals surface area contributed by atoms with Gasteiger partial charge in [0, 0.05) is 24.7 Å². The lowest BCUT2D eigenvalue weighted by atomic mass is 10.0. The minimum absolute atomic E-state index is 0.281. The first kappa shape index (κ1) is 16.0. The van der Waals surface area contributed by atoms with Crippen LogP contribution >= 0.6 is 0 Å². The molecule has 1 aliphatic heterocycles. The second kappa shape index (κ2) is 8.18. The van der Waals surface area contributed by atoms with Gasteiger partial charge in [-0.1, -0.05) is 32.0 Å². The largest absolute Gasteiger partial charge is 0.314 e. The van der Waals surface area contributed by atoms with Crippen LogP contribution in [0.1, 0.15) is 51.5 Å². The van der Waals surface area contributed by atoms with E-state index in [4.69, 9.17) is 0 Å². The Kier molecular flexibility index (Phi) is 6.24. The van der Waals surface area contributed by atoms with E-state index in [0.717, 1.165) is 44.5 Å². The highest BCUT2D eigenvalue weighted by Gasteiger charge is 2.23. The zero-order chi connectivity index (χ0) is 15.1. The summed E-state index contributed by atoms with van der Waals surface area (Å²) < 4.78 is 0. The monoisotopic (exact) mass is 288 g/mol. The smallest absolute Gasteiger partial charge is 0.227 e. The van der Waals surface area contributed by atoms with Crippen molar-refractivity contribution < 1.29 is 4.79 Å². The first-order chi connectivity index (χ1) is 10.3. The molecule has 0 saturated heterocycles. The Balaban J connectivity index is 1.89. The normalized spacial score (nSPS) is 15.9. The third kappa shape index (κ3) is 4.31. The molecule has 1 heterocycles. The zero-order valence-corrected chi connectivity index (χ0v) is 13.4. The summed E-state index contributed by atoms with van der Waals surface area (Å²) in [6.07, 6.45) is 6.08. The van der Waals surface area contributed by atoms with Crippen LogP contribution in [0.4, 0.5) is 5.69 Å². The molecule has 1 amide bonds. The summed E-state index contributed by atoms with van der Waals surface area (Å²) in [6, 6.07) is 8.90. The number of carbonyl (C=O) groups is 1. The molecule has 3 nitrogen and oxygen atoms in total.